The van der Waals surface area contributed by atoms with Crippen molar-refractivity contribution in [2.45, 2.75) is 39.7 Å². The van der Waals surface area contributed by atoms with Crippen LogP contribution >= 0.6 is 0 Å². The second-order valence-electron chi connectivity index (χ2n) is 5.32. The molecule has 0 aromatic rings. The molecule has 2 atom stereocenters. The van der Waals surface area contributed by atoms with Crippen molar-refractivity contribution in [2.75, 3.05) is 26.3 Å². The lowest BCUT2D eigenvalue weighted by molar-refractivity contribution is -0.149. The summed E-state index contributed by atoms with van der Waals surface area (Å²) < 4.78 is 5.34. The summed E-state index contributed by atoms with van der Waals surface area (Å²) in [5, 5.41) is 15.4. The van der Waals surface area contributed by atoms with Gasteiger partial charge < -0.3 is 20.5 Å². The van der Waals surface area contributed by atoms with Crippen molar-refractivity contribution in [2.24, 2.45) is 11.3 Å². The number of carboxylic acid groups (broad SMARTS) is 1. The first-order chi connectivity index (χ1) is 9.50. The second-order valence-corrected chi connectivity index (χ2v) is 5.32. The van der Waals surface area contributed by atoms with Crippen LogP contribution < -0.4 is 10.6 Å². The van der Waals surface area contributed by atoms with Gasteiger partial charge in [0.2, 0.25) is 5.91 Å². The number of carboxylic acids is 1. The maximum Gasteiger partial charge on any atom is 0.311 e. The maximum absolute atomic E-state index is 12.2. The Morgan fingerprint density at radius 3 is 2.40 bits per heavy atom. The van der Waals surface area contributed by atoms with Gasteiger partial charge in [-0.15, -0.1) is 0 Å². The summed E-state index contributed by atoms with van der Waals surface area (Å²) in [5.74, 6) is -1.22. The molecule has 0 aliphatic carbocycles. The number of amides is 1. The molecule has 1 aliphatic rings. The zero-order valence-corrected chi connectivity index (χ0v) is 12.6. The Bertz CT molecular complexity index is 342. The molecule has 1 heterocycles. The van der Waals surface area contributed by atoms with Gasteiger partial charge in [0, 0.05) is 12.6 Å². The van der Waals surface area contributed by atoms with Gasteiger partial charge >= 0.3 is 5.97 Å². The van der Waals surface area contributed by atoms with Gasteiger partial charge in [0.1, 0.15) is 0 Å². The van der Waals surface area contributed by atoms with E-state index in [2.05, 4.69) is 10.6 Å². The highest BCUT2D eigenvalue weighted by Gasteiger charge is 2.38. The van der Waals surface area contributed by atoms with E-state index in [0.717, 1.165) is 6.54 Å². The lowest BCUT2D eigenvalue weighted by atomic mass is 9.82. The molecule has 6 nitrogen and oxygen atoms in total. The number of likely N-dealkylation sites (N-methyl/N-ethyl adjacent to an activating group) is 1. The first-order valence-electron chi connectivity index (χ1n) is 7.33. The molecule has 1 fully saturated rings. The van der Waals surface area contributed by atoms with Crippen LogP contribution in [0.2, 0.25) is 0 Å². The highest BCUT2D eigenvalue weighted by Crippen LogP contribution is 2.26. The average Bonchev–Trinajstić information content (AvgIpc) is 2.88. The molecular weight excluding hydrogens is 260 g/mol. The Labute approximate surface area is 120 Å². The Balaban J connectivity index is 2.59. The predicted molar refractivity (Wildman–Crippen MR) is 75.4 cm³/mol. The minimum absolute atomic E-state index is 0.0162. The zero-order chi connectivity index (χ0) is 15.2. The zero-order valence-electron chi connectivity index (χ0n) is 12.6. The number of ether oxygens (including phenoxy) is 1. The van der Waals surface area contributed by atoms with Crippen LogP contribution in [0.5, 0.6) is 0 Å². The Hall–Kier alpha value is -1.14. The minimum atomic E-state index is -0.872. The van der Waals surface area contributed by atoms with E-state index in [9.17, 15) is 14.7 Å². The van der Waals surface area contributed by atoms with E-state index >= 15 is 0 Å². The van der Waals surface area contributed by atoms with Gasteiger partial charge in [0.05, 0.1) is 24.5 Å². The summed E-state index contributed by atoms with van der Waals surface area (Å²) >= 11 is 0. The number of aliphatic carboxylic acids is 1. The van der Waals surface area contributed by atoms with Crippen molar-refractivity contribution in [3.63, 3.8) is 0 Å². The molecule has 6 heteroatoms. The molecule has 20 heavy (non-hydrogen) atoms. The largest absolute Gasteiger partial charge is 0.481 e. The molecule has 0 radical (unpaired) electrons. The summed E-state index contributed by atoms with van der Waals surface area (Å²) in [6.45, 7) is 7.52. The van der Waals surface area contributed by atoms with E-state index < -0.39 is 11.4 Å². The van der Waals surface area contributed by atoms with Gasteiger partial charge in [0.15, 0.2) is 0 Å². The summed E-state index contributed by atoms with van der Waals surface area (Å²) in [6.07, 6.45) is 0.994. The fraction of sp³-hybridized carbons (Fsp3) is 0.857. The summed E-state index contributed by atoms with van der Waals surface area (Å²) in [7, 11) is 0. The fourth-order valence-corrected chi connectivity index (χ4v) is 2.54. The molecule has 1 rings (SSSR count). The molecule has 0 aromatic carbocycles. The highest BCUT2D eigenvalue weighted by atomic mass is 16.5. The molecule has 0 aromatic heterocycles. The van der Waals surface area contributed by atoms with Crippen molar-refractivity contribution >= 4 is 11.9 Å². The Kier molecular flexibility index (Phi) is 6.42. The van der Waals surface area contributed by atoms with E-state index in [1.54, 1.807) is 0 Å². The van der Waals surface area contributed by atoms with Crippen LogP contribution in [-0.4, -0.2) is 49.3 Å². The van der Waals surface area contributed by atoms with Crippen molar-refractivity contribution in [3.05, 3.63) is 0 Å². The van der Waals surface area contributed by atoms with Crippen molar-refractivity contribution in [1.29, 1.82) is 0 Å². The van der Waals surface area contributed by atoms with Gasteiger partial charge in [-0.25, -0.2) is 0 Å². The summed E-state index contributed by atoms with van der Waals surface area (Å²) in [5.41, 5.74) is -0.872. The molecule has 3 N–H and O–H groups in total. The number of nitrogens with one attached hydrogen (secondary N) is 2. The van der Waals surface area contributed by atoms with Crippen LogP contribution in [0.4, 0.5) is 0 Å². The van der Waals surface area contributed by atoms with E-state index in [1.807, 2.05) is 20.8 Å². The minimum Gasteiger partial charge on any atom is -0.481 e. The molecule has 0 saturated carbocycles. The predicted octanol–water partition coefficient (Wildman–Crippen LogP) is 0.618. The van der Waals surface area contributed by atoms with Crippen molar-refractivity contribution < 1.29 is 19.4 Å². The van der Waals surface area contributed by atoms with Gasteiger partial charge in [0.25, 0.3) is 0 Å². The monoisotopic (exact) mass is 286 g/mol. The lowest BCUT2D eigenvalue weighted by Crippen LogP contribution is -2.48. The first kappa shape index (κ1) is 16.9. The Morgan fingerprint density at radius 2 is 1.90 bits per heavy atom. The van der Waals surface area contributed by atoms with Gasteiger partial charge in [-0.2, -0.15) is 0 Å². The Morgan fingerprint density at radius 1 is 1.25 bits per heavy atom. The highest BCUT2D eigenvalue weighted by molar-refractivity contribution is 5.81. The summed E-state index contributed by atoms with van der Waals surface area (Å²) in [6, 6.07) is 0.0162. The van der Waals surface area contributed by atoms with Crippen LogP contribution in [0.1, 0.15) is 33.6 Å². The number of rotatable bonds is 8. The fourth-order valence-electron chi connectivity index (χ4n) is 2.54. The van der Waals surface area contributed by atoms with Crippen LogP contribution in [0.15, 0.2) is 0 Å². The molecule has 0 bridgehead atoms. The summed E-state index contributed by atoms with van der Waals surface area (Å²) in [4.78, 5) is 23.6. The van der Waals surface area contributed by atoms with Crippen molar-refractivity contribution in [1.82, 2.24) is 10.6 Å². The van der Waals surface area contributed by atoms with E-state index in [1.165, 1.54) is 0 Å². The SMILES string of the molecule is CCNC1COCC1C(=O)NCC(CC)(CC)C(=O)O. The quantitative estimate of drug-likeness (QED) is 0.609. The first-order valence-corrected chi connectivity index (χ1v) is 7.33. The van der Waals surface area contributed by atoms with Crippen molar-refractivity contribution in [3.8, 4) is 0 Å². The normalized spacial score (nSPS) is 22.8. The molecule has 116 valence electrons. The lowest BCUT2D eigenvalue weighted by Gasteiger charge is -2.28. The number of hydrogen-bond donors (Lipinski definition) is 3. The van der Waals surface area contributed by atoms with Gasteiger partial charge in [-0.1, -0.05) is 20.8 Å². The van der Waals surface area contributed by atoms with Gasteiger partial charge in [-0.3, -0.25) is 9.59 Å². The standard InChI is InChI=1S/C14H26N2O4/c1-4-14(5-2,13(18)19)9-16-12(17)10-7-20-8-11(10)15-6-3/h10-11,15H,4-9H2,1-3H3,(H,16,17)(H,18,19). The average molecular weight is 286 g/mol. The van der Waals surface area contributed by atoms with E-state index in [-0.39, 0.29) is 24.4 Å². The molecule has 1 saturated heterocycles. The smallest absolute Gasteiger partial charge is 0.311 e. The third-order valence-corrected chi connectivity index (χ3v) is 4.29. The molecule has 1 amide bonds. The molecular formula is C14H26N2O4. The number of carbonyl (C=O) groups excluding carboxylic acids is 1. The van der Waals surface area contributed by atoms with Crippen LogP contribution in [0.25, 0.3) is 0 Å². The molecule has 1 aliphatic heterocycles. The topological polar surface area (TPSA) is 87.7 Å². The number of hydrogen-bond acceptors (Lipinski definition) is 4. The van der Waals surface area contributed by atoms with Crippen LogP contribution in [0, 0.1) is 11.3 Å². The molecule has 0 spiro atoms. The van der Waals surface area contributed by atoms with E-state index in [0.29, 0.717) is 26.1 Å². The number of carbonyl (C=O) groups is 2. The second kappa shape index (κ2) is 7.59. The molecule has 2 unspecified atom stereocenters. The third-order valence-electron chi connectivity index (χ3n) is 4.29. The van der Waals surface area contributed by atoms with E-state index in [4.69, 9.17) is 4.74 Å². The van der Waals surface area contributed by atoms with Crippen LogP contribution in [0.3, 0.4) is 0 Å². The van der Waals surface area contributed by atoms with Gasteiger partial charge in [-0.05, 0) is 19.4 Å². The third kappa shape index (κ3) is 3.70. The van der Waals surface area contributed by atoms with Crippen LogP contribution in [-0.2, 0) is 14.3 Å². The maximum atomic E-state index is 12.2.